The molecule has 2 heterocycles. The van der Waals surface area contributed by atoms with Crippen LogP contribution in [0.3, 0.4) is 0 Å². The summed E-state index contributed by atoms with van der Waals surface area (Å²) in [5, 5.41) is 11.9. The van der Waals surface area contributed by atoms with Gasteiger partial charge < -0.3 is 10.0 Å². The van der Waals surface area contributed by atoms with Crippen molar-refractivity contribution in [3.05, 3.63) is 81.9 Å². The number of hydrogen-bond acceptors (Lipinski definition) is 3. The molecule has 0 fully saturated rings. The molecular formula is C23H22BrN2OS+. The molecule has 1 aromatic heterocycles. The van der Waals surface area contributed by atoms with Crippen molar-refractivity contribution in [2.45, 2.75) is 18.4 Å². The number of aliphatic hydroxyl groups is 1. The maximum atomic E-state index is 9.50. The van der Waals surface area contributed by atoms with E-state index in [-0.39, 0.29) is 6.61 Å². The summed E-state index contributed by atoms with van der Waals surface area (Å²) in [6.07, 6.45) is 8.53. The zero-order valence-electron chi connectivity index (χ0n) is 15.7. The second kappa shape index (κ2) is 8.52. The zero-order chi connectivity index (χ0) is 19.5. The molecule has 0 saturated heterocycles. The van der Waals surface area contributed by atoms with Crippen LogP contribution >= 0.6 is 27.7 Å². The Labute approximate surface area is 178 Å². The summed E-state index contributed by atoms with van der Waals surface area (Å²) >= 11 is 5.28. The number of hydrogen-bond donors (Lipinski definition) is 1. The van der Waals surface area contributed by atoms with Gasteiger partial charge in [-0.3, -0.25) is 0 Å². The standard InChI is InChI=1S/C23H22BrN2OS/c1-2-25-13-12-17(19-7-3-4-8-20(19)25)6-5-9-23-26(14-15-27)21-16-18(24)10-11-22(21)28-23/h3-13,16,27H,2,14-15H2,1H3/q+1. The number of benzene rings is 2. The first-order valence-corrected chi connectivity index (χ1v) is 11.0. The number of β-amino-alcohol motifs (C(OH)–C–C–N with tert-alkyl or cyclic N) is 1. The lowest BCUT2D eigenvalue weighted by molar-refractivity contribution is -0.667. The molecule has 1 aliphatic rings. The number of pyridine rings is 1. The summed E-state index contributed by atoms with van der Waals surface area (Å²) in [7, 11) is 0. The number of anilines is 1. The minimum absolute atomic E-state index is 0.119. The Morgan fingerprint density at radius 2 is 2.04 bits per heavy atom. The molecule has 3 aromatic rings. The van der Waals surface area contributed by atoms with E-state index in [1.807, 2.05) is 0 Å². The van der Waals surface area contributed by atoms with Crippen molar-refractivity contribution < 1.29 is 9.67 Å². The maximum absolute atomic E-state index is 9.50. The van der Waals surface area contributed by atoms with Gasteiger partial charge in [0.05, 0.1) is 22.7 Å². The molecule has 2 aromatic carbocycles. The lowest BCUT2D eigenvalue weighted by Gasteiger charge is -2.18. The first-order valence-electron chi connectivity index (χ1n) is 9.36. The molecule has 142 valence electrons. The summed E-state index contributed by atoms with van der Waals surface area (Å²) in [5.74, 6) is 0. The molecule has 0 bridgehead atoms. The number of para-hydroxylation sites is 1. The number of thioether (sulfide) groups is 1. The van der Waals surface area contributed by atoms with Crippen LogP contribution in [0.1, 0.15) is 12.5 Å². The number of nitrogens with zero attached hydrogens (tertiary/aromatic N) is 2. The Morgan fingerprint density at radius 3 is 2.86 bits per heavy atom. The van der Waals surface area contributed by atoms with Gasteiger partial charge in [-0.1, -0.05) is 52.0 Å². The van der Waals surface area contributed by atoms with E-state index in [9.17, 15) is 5.11 Å². The fourth-order valence-electron chi connectivity index (χ4n) is 3.49. The van der Waals surface area contributed by atoms with E-state index in [0.29, 0.717) is 6.54 Å². The van der Waals surface area contributed by atoms with Crippen LogP contribution in [-0.2, 0) is 6.54 Å². The van der Waals surface area contributed by atoms with Gasteiger partial charge >= 0.3 is 0 Å². The Balaban J connectivity index is 1.66. The van der Waals surface area contributed by atoms with Gasteiger partial charge in [-0.05, 0) is 42.8 Å². The van der Waals surface area contributed by atoms with Gasteiger partial charge in [0.15, 0.2) is 6.20 Å². The molecular weight excluding hydrogens is 432 g/mol. The lowest BCUT2D eigenvalue weighted by Crippen LogP contribution is -2.32. The Kier molecular flexibility index (Phi) is 5.85. The van der Waals surface area contributed by atoms with E-state index in [1.54, 1.807) is 11.8 Å². The molecule has 28 heavy (non-hydrogen) atoms. The molecule has 0 saturated carbocycles. The molecule has 4 rings (SSSR count). The van der Waals surface area contributed by atoms with E-state index < -0.39 is 0 Å². The third kappa shape index (κ3) is 3.75. The van der Waals surface area contributed by atoms with Gasteiger partial charge in [-0.25, -0.2) is 0 Å². The molecule has 3 nitrogen and oxygen atoms in total. The Bertz CT molecular complexity index is 1080. The summed E-state index contributed by atoms with van der Waals surface area (Å²) in [6, 6.07) is 17.0. The van der Waals surface area contributed by atoms with E-state index in [2.05, 4.69) is 105 Å². The monoisotopic (exact) mass is 453 g/mol. The third-order valence-electron chi connectivity index (χ3n) is 4.83. The highest BCUT2D eigenvalue weighted by atomic mass is 79.9. The number of fused-ring (bicyclic) bond motifs is 2. The fraction of sp³-hybridized carbons (Fsp3) is 0.174. The van der Waals surface area contributed by atoms with Crippen molar-refractivity contribution in [2.24, 2.45) is 0 Å². The maximum Gasteiger partial charge on any atom is 0.213 e. The normalized spacial score (nSPS) is 15.1. The molecule has 1 aliphatic heterocycles. The Hall–Kier alpha value is -2.08. The predicted octanol–water partition coefficient (Wildman–Crippen LogP) is 5.37. The molecule has 1 N–H and O–H groups in total. The summed E-state index contributed by atoms with van der Waals surface area (Å²) in [5.41, 5.74) is 3.59. The van der Waals surface area contributed by atoms with E-state index >= 15 is 0 Å². The largest absolute Gasteiger partial charge is 0.395 e. The Morgan fingerprint density at radius 1 is 1.18 bits per heavy atom. The highest BCUT2D eigenvalue weighted by Gasteiger charge is 2.24. The highest BCUT2D eigenvalue weighted by molar-refractivity contribution is 9.10. The summed E-state index contributed by atoms with van der Waals surface area (Å²) in [4.78, 5) is 3.38. The summed E-state index contributed by atoms with van der Waals surface area (Å²) < 4.78 is 3.31. The average Bonchev–Trinajstić information content (AvgIpc) is 3.05. The van der Waals surface area contributed by atoms with Crippen LogP contribution in [0, 0.1) is 0 Å². The van der Waals surface area contributed by atoms with Gasteiger partial charge in [0.1, 0.15) is 6.54 Å². The number of aromatic nitrogens is 1. The lowest BCUT2D eigenvalue weighted by atomic mass is 10.1. The second-order valence-corrected chi connectivity index (χ2v) is 8.51. The van der Waals surface area contributed by atoms with Crippen LogP contribution in [0.4, 0.5) is 5.69 Å². The van der Waals surface area contributed by atoms with Crippen molar-refractivity contribution in [1.82, 2.24) is 0 Å². The van der Waals surface area contributed by atoms with Gasteiger partial charge in [-0.2, -0.15) is 4.57 Å². The van der Waals surface area contributed by atoms with Crippen LogP contribution in [-0.4, -0.2) is 18.3 Å². The quantitative estimate of drug-likeness (QED) is 0.526. The number of rotatable bonds is 5. The van der Waals surface area contributed by atoms with Crippen LogP contribution in [0.2, 0.25) is 0 Å². The van der Waals surface area contributed by atoms with Crippen LogP contribution in [0.5, 0.6) is 0 Å². The van der Waals surface area contributed by atoms with Gasteiger partial charge in [0.2, 0.25) is 5.52 Å². The molecule has 0 aliphatic carbocycles. The fourth-order valence-corrected chi connectivity index (χ4v) is 4.92. The van der Waals surface area contributed by atoms with E-state index in [4.69, 9.17) is 0 Å². The van der Waals surface area contributed by atoms with Crippen molar-refractivity contribution >= 4 is 50.4 Å². The molecule has 0 atom stereocenters. The van der Waals surface area contributed by atoms with Crippen LogP contribution in [0.25, 0.3) is 17.0 Å². The van der Waals surface area contributed by atoms with Gasteiger partial charge in [0.25, 0.3) is 0 Å². The average molecular weight is 454 g/mol. The minimum Gasteiger partial charge on any atom is -0.395 e. The van der Waals surface area contributed by atoms with Crippen molar-refractivity contribution in [1.29, 1.82) is 0 Å². The van der Waals surface area contributed by atoms with Crippen molar-refractivity contribution in [2.75, 3.05) is 18.1 Å². The number of aliphatic hydroxyl groups excluding tert-OH is 1. The topological polar surface area (TPSA) is 27.4 Å². The SMILES string of the molecule is CC[n+]1ccc(C=CC=C2Sc3ccc(Br)cc3N2CCO)c2ccccc21. The van der Waals surface area contributed by atoms with E-state index in [1.165, 1.54) is 21.4 Å². The zero-order valence-corrected chi connectivity index (χ0v) is 18.1. The van der Waals surface area contributed by atoms with Crippen molar-refractivity contribution in [3.63, 3.8) is 0 Å². The van der Waals surface area contributed by atoms with Crippen LogP contribution in [0.15, 0.2) is 81.3 Å². The van der Waals surface area contributed by atoms with Gasteiger partial charge in [-0.15, -0.1) is 0 Å². The number of allylic oxidation sites excluding steroid dienone is 2. The predicted molar refractivity (Wildman–Crippen MR) is 121 cm³/mol. The first kappa shape index (κ1) is 19.2. The molecule has 5 heteroatoms. The third-order valence-corrected chi connectivity index (χ3v) is 6.45. The van der Waals surface area contributed by atoms with Crippen LogP contribution < -0.4 is 9.47 Å². The second-order valence-electron chi connectivity index (χ2n) is 6.53. The summed E-state index contributed by atoms with van der Waals surface area (Å²) in [6.45, 7) is 3.82. The first-order chi connectivity index (χ1) is 13.7. The van der Waals surface area contributed by atoms with Gasteiger partial charge in [0, 0.05) is 28.0 Å². The number of halogens is 1. The highest BCUT2D eigenvalue weighted by Crippen LogP contribution is 2.46. The minimum atomic E-state index is 0.119. The molecule has 0 unspecified atom stereocenters. The van der Waals surface area contributed by atoms with E-state index in [0.717, 1.165) is 21.7 Å². The molecule has 0 amide bonds. The molecule has 0 radical (unpaired) electrons. The number of aryl methyl sites for hydroxylation is 1. The smallest absolute Gasteiger partial charge is 0.213 e. The molecule has 0 spiro atoms. The van der Waals surface area contributed by atoms with Crippen molar-refractivity contribution in [3.8, 4) is 0 Å².